The molecule has 5 nitrogen and oxygen atoms in total. The van der Waals surface area contributed by atoms with Gasteiger partial charge in [0.15, 0.2) is 0 Å². The van der Waals surface area contributed by atoms with Crippen molar-refractivity contribution in [3.63, 3.8) is 0 Å². The van der Waals surface area contributed by atoms with Crippen molar-refractivity contribution in [1.82, 2.24) is 5.32 Å². The van der Waals surface area contributed by atoms with E-state index < -0.39 is 0 Å². The minimum absolute atomic E-state index is 0.167. The molecule has 0 aliphatic heterocycles. The van der Waals surface area contributed by atoms with E-state index in [1.165, 1.54) is 19.6 Å². The van der Waals surface area contributed by atoms with E-state index in [2.05, 4.69) is 17.0 Å². The second-order valence-electron chi connectivity index (χ2n) is 5.01. The number of amides is 1. The van der Waals surface area contributed by atoms with E-state index in [0.717, 1.165) is 5.76 Å². The number of carbonyl (C=O) groups excluding carboxylic acids is 2. The van der Waals surface area contributed by atoms with Crippen molar-refractivity contribution in [3.8, 4) is 0 Å². The third kappa shape index (κ3) is 3.98. The van der Waals surface area contributed by atoms with Crippen molar-refractivity contribution >= 4 is 18.0 Å². The Bertz CT molecular complexity index is 518. The molecule has 1 heterocycles. The van der Waals surface area contributed by atoms with Gasteiger partial charge in [0.1, 0.15) is 11.5 Å². The van der Waals surface area contributed by atoms with Gasteiger partial charge in [-0.1, -0.05) is 6.92 Å². The van der Waals surface area contributed by atoms with E-state index in [-0.39, 0.29) is 24.8 Å². The summed E-state index contributed by atoms with van der Waals surface area (Å²) in [6, 6.07) is 3.82. The first-order valence-corrected chi connectivity index (χ1v) is 6.72. The Hall–Kier alpha value is -2.04. The fourth-order valence-electron chi connectivity index (χ4n) is 1.98. The summed E-state index contributed by atoms with van der Waals surface area (Å²) in [7, 11) is 1.32. The number of rotatable bonds is 6. The van der Waals surface area contributed by atoms with Crippen molar-refractivity contribution in [1.29, 1.82) is 0 Å². The van der Waals surface area contributed by atoms with E-state index in [1.807, 2.05) is 12.1 Å². The van der Waals surface area contributed by atoms with Crippen LogP contribution in [0.3, 0.4) is 0 Å². The first kappa shape index (κ1) is 14.4. The van der Waals surface area contributed by atoms with Gasteiger partial charge >= 0.3 is 5.97 Å². The first-order valence-electron chi connectivity index (χ1n) is 6.72. The Morgan fingerprint density at radius 1 is 1.50 bits per heavy atom. The lowest BCUT2D eigenvalue weighted by molar-refractivity contribution is -0.140. The van der Waals surface area contributed by atoms with Crippen LogP contribution in [-0.2, 0) is 14.3 Å². The quantitative estimate of drug-likeness (QED) is 0.638. The topological polar surface area (TPSA) is 68.5 Å². The van der Waals surface area contributed by atoms with Crippen LogP contribution in [-0.4, -0.2) is 25.5 Å². The van der Waals surface area contributed by atoms with Gasteiger partial charge in [0.25, 0.3) is 0 Å². The molecule has 0 saturated heterocycles. The van der Waals surface area contributed by atoms with Gasteiger partial charge in [-0.05, 0) is 30.5 Å². The largest absolute Gasteiger partial charge is 0.469 e. The van der Waals surface area contributed by atoms with Crippen LogP contribution in [0, 0.1) is 5.92 Å². The molecule has 1 amide bonds. The highest BCUT2D eigenvalue weighted by molar-refractivity contribution is 5.91. The number of nitrogens with one attached hydrogen (secondary N) is 1. The fourth-order valence-corrected chi connectivity index (χ4v) is 1.98. The summed E-state index contributed by atoms with van der Waals surface area (Å²) in [5, 5.41) is 2.60. The normalized spacial score (nSPS) is 20.9. The molecule has 1 aromatic rings. The molecule has 0 aromatic carbocycles. The summed E-state index contributed by atoms with van der Waals surface area (Å²) in [5.74, 6) is 2.28. The summed E-state index contributed by atoms with van der Waals surface area (Å²) in [6.45, 7) is 2.45. The molecule has 2 rings (SSSR count). The lowest BCUT2D eigenvalue weighted by Crippen LogP contribution is -2.24. The summed E-state index contributed by atoms with van der Waals surface area (Å²) in [6.07, 6.45) is 4.37. The lowest BCUT2D eigenvalue weighted by Gasteiger charge is -2.00. The Labute approximate surface area is 118 Å². The van der Waals surface area contributed by atoms with Crippen LogP contribution >= 0.6 is 0 Å². The van der Waals surface area contributed by atoms with E-state index in [9.17, 15) is 9.59 Å². The fraction of sp³-hybridized carbons (Fsp3) is 0.467. The molecule has 1 aliphatic rings. The van der Waals surface area contributed by atoms with Crippen LogP contribution in [0.5, 0.6) is 0 Å². The number of esters is 1. The van der Waals surface area contributed by atoms with Crippen LogP contribution < -0.4 is 5.32 Å². The van der Waals surface area contributed by atoms with Gasteiger partial charge in [-0.3, -0.25) is 9.59 Å². The third-order valence-corrected chi connectivity index (χ3v) is 3.38. The Kier molecular flexibility index (Phi) is 4.61. The molecule has 0 bridgehead atoms. The van der Waals surface area contributed by atoms with Gasteiger partial charge in [0.2, 0.25) is 5.91 Å². The summed E-state index contributed by atoms with van der Waals surface area (Å²) in [5.41, 5.74) is 0. The maximum atomic E-state index is 11.5. The Morgan fingerprint density at radius 3 is 2.90 bits per heavy atom. The van der Waals surface area contributed by atoms with Crippen LogP contribution in [0.4, 0.5) is 0 Å². The summed E-state index contributed by atoms with van der Waals surface area (Å²) < 4.78 is 10.1. The zero-order valence-electron chi connectivity index (χ0n) is 11.7. The van der Waals surface area contributed by atoms with E-state index in [1.54, 1.807) is 6.08 Å². The smallest absolute Gasteiger partial charge is 0.307 e. The van der Waals surface area contributed by atoms with Gasteiger partial charge in [-0.15, -0.1) is 0 Å². The highest BCUT2D eigenvalue weighted by Gasteiger charge is 2.36. The monoisotopic (exact) mass is 277 g/mol. The molecule has 0 spiro atoms. The number of furan rings is 1. The zero-order valence-corrected chi connectivity index (χ0v) is 11.7. The number of carbonyl (C=O) groups is 2. The average Bonchev–Trinajstić information content (AvgIpc) is 2.99. The Balaban J connectivity index is 1.75. The van der Waals surface area contributed by atoms with Crippen molar-refractivity contribution < 1.29 is 18.7 Å². The average molecular weight is 277 g/mol. The maximum Gasteiger partial charge on any atom is 0.307 e. The molecule has 5 heteroatoms. The lowest BCUT2D eigenvalue weighted by atomic mass is 10.3. The van der Waals surface area contributed by atoms with Crippen LogP contribution in [0.2, 0.25) is 0 Å². The molecular weight excluding hydrogens is 258 g/mol. The molecule has 1 fully saturated rings. The molecule has 1 aliphatic carbocycles. The molecule has 108 valence electrons. The number of hydrogen-bond donors (Lipinski definition) is 1. The molecule has 1 N–H and O–H groups in total. The highest BCUT2D eigenvalue weighted by Crippen LogP contribution is 2.47. The van der Waals surface area contributed by atoms with Gasteiger partial charge in [-0.25, -0.2) is 0 Å². The van der Waals surface area contributed by atoms with E-state index in [4.69, 9.17) is 4.42 Å². The highest BCUT2D eigenvalue weighted by atomic mass is 16.5. The predicted octanol–water partition coefficient (Wildman–Crippen LogP) is 2.10. The van der Waals surface area contributed by atoms with Gasteiger partial charge in [0.05, 0.1) is 13.5 Å². The molecule has 2 unspecified atom stereocenters. The van der Waals surface area contributed by atoms with Crippen molar-refractivity contribution in [2.75, 3.05) is 13.7 Å². The van der Waals surface area contributed by atoms with Crippen molar-refractivity contribution in [2.24, 2.45) is 5.92 Å². The molecule has 1 saturated carbocycles. The number of hydrogen-bond acceptors (Lipinski definition) is 4. The number of ether oxygens (including phenoxy) is 1. The van der Waals surface area contributed by atoms with Crippen LogP contribution in [0.1, 0.15) is 37.2 Å². The van der Waals surface area contributed by atoms with Crippen molar-refractivity contribution in [2.45, 2.75) is 25.7 Å². The second-order valence-corrected chi connectivity index (χ2v) is 5.01. The SMILES string of the molecule is COC(=O)CCNC(=O)C=Cc1ccc(C2CC2C)o1. The minimum Gasteiger partial charge on any atom is -0.469 e. The van der Waals surface area contributed by atoms with Crippen molar-refractivity contribution in [3.05, 3.63) is 29.7 Å². The van der Waals surface area contributed by atoms with Gasteiger partial charge in [0, 0.05) is 18.5 Å². The van der Waals surface area contributed by atoms with Crippen LogP contribution in [0.25, 0.3) is 6.08 Å². The van der Waals surface area contributed by atoms with E-state index in [0.29, 0.717) is 17.6 Å². The first-order chi connectivity index (χ1) is 9.60. The Morgan fingerprint density at radius 2 is 2.25 bits per heavy atom. The summed E-state index contributed by atoms with van der Waals surface area (Å²) >= 11 is 0. The molecule has 2 atom stereocenters. The second kappa shape index (κ2) is 6.41. The predicted molar refractivity (Wildman–Crippen MR) is 73.9 cm³/mol. The maximum absolute atomic E-state index is 11.5. The molecule has 0 radical (unpaired) electrons. The molecule has 1 aromatic heterocycles. The summed E-state index contributed by atoms with van der Waals surface area (Å²) in [4.78, 5) is 22.4. The zero-order chi connectivity index (χ0) is 14.5. The standard InChI is InChI=1S/C15H19NO4/c1-10-9-12(10)13-5-3-11(20-13)4-6-14(17)16-8-7-15(18)19-2/h3-6,10,12H,7-9H2,1-2H3,(H,16,17). The molecule has 20 heavy (non-hydrogen) atoms. The van der Waals surface area contributed by atoms with Gasteiger partial charge in [-0.2, -0.15) is 0 Å². The number of methoxy groups -OCH3 is 1. The van der Waals surface area contributed by atoms with Gasteiger partial charge < -0.3 is 14.5 Å². The van der Waals surface area contributed by atoms with Crippen LogP contribution in [0.15, 0.2) is 22.6 Å². The van der Waals surface area contributed by atoms with E-state index >= 15 is 0 Å². The molecular formula is C15H19NO4. The minimum atomic E-state index is -0.344. The third-order valence-electron chi connectivity index (χ3n) is 3.38.